The molecule has 0 aliphatic carbocycles. The van der Waals surface area contributed by atoms with Gasteiger partial charge >= 0.3 is 0 Å². The van der Waals surface area contributed by atoms with E-state index in [-0.39, 0.29) is 24.1 Å². The summed E-state index contributed by atoms with van der Waals surface area (Å²) < 4.78 is 2.01. The van der Waals surface area contributed by atoms with Gasteiger partial charge in [0.15, 0.2) is 5.16 Å². The number of thioether (sulfide) groups is 1. The molecule has 0 saturated heterocycles. The average molecular weight is 361 g/mol. The summed E-state index contributed by atoms with van der Waals surface area (Å²) in [5.74, 6) is 0.736. The van der Waals surface area contributed by atoms with Crippen molar-refractivity contribution >= 4 is 23.6 Å². The van der Waals surface area contributed by atoms with Gasteiger partial charge in [0, 0.05) is 27.1 Å². The van der Waals surface area contributed by atoms with Crippen LogP contribution in [-0.4, -0.2) is 57.9 Å². The van der Waals surface area contributed by atoms with Gasteiger partial charge in [-0.1, -0.05) is 42.1 Å². The van der Waals surface area contributed by atoms with Crippen LogP contribution in [0, 0.1) is 0 Å². The molecule has 1 heterocycles. The molecule has 0 radical (unpaired) electrons. The zero-order chi connectivity index (χ0) is 18.2. The highest BCUT2D eigenvalue weighted by molar-refractivity contribution is 7.99. The van der Waals surface area contributed by atoms with Crippen molar-refractivity contribution in [1.82, 2.24) is 25.0 Å². The molecule has 2 aromatic rings. The maximum atomic E-state index is 11.9. The van der Waals surface area contributed by atoms with E-state index in [1.54, 1.807) is 14.1 Å². The first-order chi connectivity index (χ1) is 12.0. The number of amides is 2. The summed E-state index contributed by atoms with van der Waals surface area (Å²) in [6, 6.07) is 10.1. The van der Waals surface area contributed by atoms with Crippen LogP contribution in [0.2, 0.25) is 0 Å². The smallest absolute Gasteiger partial charge is 0.241 e. The van der Waals surface area contributed by atoms with E-state index in [9.17, 15) is 9.59 Å². The van der Waals surface area contributed by atoms with E-state index in [0.29, 0.717) is 11.6 Å². The van der Waals surface area contributed by atoms with Crippen molar-refractivity contribution in [2.45, 2.75) is 25.0 Å². The van der Waals surface area contributed by atoms with Gasteiger partial charge in [-0.15, -0.1) is 10.2 Å². The van der Waals surface area contributed by atoms with Gasteiger partial charge < -0.3 is 14.8 Å². The molecule has 0 bridgehead atoms. The highest BCUT2D eigenvalue weighted by atomic mass is 32.2. The van der Waals surface area contributed by atoms with Crippen molar-refractivity contribution < 1.29 is 9.59 Å². The number of benzene rings is 1. The maximum absolute atomic E-state index is 11.9. The number of likely N-dealkylation sites (N-methyl/N-ethyl adjacent to an activating group) is 1. The molecule has 2 amide bonds. The third-order valence-corrected chi connectivity index (χ3v) is 4.55. The molecule has 0 saturated carbocycles. The van der Waals surface area contributed by atoms with Crippen molar-refractivity contribution in [2.24, 2.45) is 0 Å². The Morgan fingerprint density at radius 3 is 2.56 bits per heavy atom. The van der Waals surface area contributed by atoms with Crippen LogP contribution in [0.3, 0.4) is 0 Å². The Morgan fingerprint density at radius 1 is 1.20 bits per heavy atom. The van der Waals surface area contributed by atoms with Crippen LogP contribution < -0.4 is 5.32 Å². The van der Waals surface area contributed by atoms with Gasteiger partial charge in [-0.3, -0.25) is 9.59 Å². The van der Waals surface area contributed by atoms with E-state index < -0.39 is 0 Å². The Labute approximate surface area is 151 Å². The highest BCUT2D eigenvalue weighted by Crippen LogP contribution is 2.18. The van der Waals surface area contributed by atoms with Crippen LogP contribution in [0.15, 0.2) is 35.5 Å². The Morgan fingerprint density at radius 2 is 1.92 bits per heavy atom. The first-order valence-corrected chi connectivity index (χ1v) is 9.05. The molecule has 8 heteroatoms. The Balaban J connectivity index is 1.92. The number of hydrogen-bond acceptors (Lipinski definition) is 5. The van der Waals surface area contributed by atoms with Crippen LogP contribution in [-0.2, 0) is 22.6 Å². The molecular formula is C17H23N5O2S. The maximum Gasteiger partial charge on any atom is 0.241 e. The minimum absolute atomic E-state index is 0.00607. The summed E-state index contributed by atoms with van der Waals surface area (Å²) in [6.45, 7) is 2.77. The molecule has 7 nitrogen and oxygen atoms in total. The average Bonchev–Trinajstić information content (AvgIpc) is 3.00. The van der Waals surface area contributed by atoms with Gasteiger partial charge in [0.2, 0.25) is 11.8 Å². The van der Waals surface area contributed by atoms with E-state index in [4.69, 9.17) is 0 Å². The molecule has 1 aromatic carbocycles. The quantitative estimate of drug-likeness (QED) is 0.715. The second-order valence-electron chi connectivity index (χ2n) is 5.66. The Kier molecular flexibility index (Phi) is 7.00. The van der Waals surface area contributed by atoms with E-state index in [1.807, 2.05) is 29.7 Å². The van der Waals surface area contributed by atoms with E-state index in [1.165, 1.54) is 22.2 Å². The molecule has 0 aliphatic heterocycles. The largest absolute Gasteiger partial charge is 0.347 e. The standard InChI is InChI=1S/C17H23N5O2S/c1-4-22-14(10-13-8-6-5-7-9-13)19-20-17(22)25-12-15(23)18-11-16(24)21(2)3/h5-9H,4,10-12H2,1-3H3,(H,18,23). The summed E-state index contributed by atoms with van der Waals surface area (Å²) in [7, 11) is 3.31. The molecule has 25 heavy (non-hydrogen) atoms. The summed E-state index contributed by atoms with van der Waals surface area (Å²) in [6.07, 6.45) is 0.700. The number of carbonyl (C=O) groups excluding carboxylic acids is 2. The van der Waals surface area contributed by atoms with Gasteiger partial charge in [-0.25, -0.2) is 0 Å². The zero-order valence-electron chi connectivity index (χ0n) is 14.7. The second kappa shape index (κ2) is 9.22. The summed E-state index contributed by atoms with van der Waals surface area (Å²) >= 11 is 1.32. The number of aromatic nitrogens is 3. The monoisotopic (exact) mass is 361 g/mol. The Hall–Kier alpha value is -2.35. The lowest BCUT2D eigenvalue weighted by atomic mass is 10.1. The fourth-order valence-corrected chi connectivity index (χ4v) is 3.02. The number of carbonyl (C=O) groups is 2. The molecule has 0 fully saturated rings. The number of nitrogens with zero attached hydrogens (tertiary/aromatic N) is 4. The zero-order valence-corrected chi connectivity index (χ0v) is 15.5. The molecular weight excluding hydrogens is 338 g/mol. The van der Waals surface area contributed by atoms with Crippen molar-refractivity contribution in [1.29, 1.82) is 0 Å². The fourth-order valence-electron chi connectivity index (χ4n) is 2.17. The van der Waals surface area contributed by atoms with Crippen LogP contribution in [0.4, 0.5) is 0 Å². The molecule has 0 aliphatic rings. The molecule has 1 aromatic heterocycles. The molecule has 2 rings (SSSR count). The van der Waals surface area contributed by atoms with Gasteiger partial charge in [-0.2, -0.15) is 0 Å². The van der Waals surface area contributed by atoms with Crippen molar-refractivity contribution in [3.8, 4) is 0 Å². The van der Waals surface area contributed by atoms with E-state index in [2.05, 4.69) is 27.6 Å². The van der Waals surface area contributed by atoms with Gasteiger partial charge in [0.25, 0.3) is 0 Å². The van der Waals surface area contributed by atoms with Crippen molar-refractivity contribution in [3.63, 3.8) is 0 Å². The van der Waals surface area contributed by atoms with Crippen molar-refractivity contribution in [3.05, 3.63) is 41.7 Å². The minimum Gasteiger partial charge on any atom is -0.347 e. The first-order valence-electron chi connectivity index (χ1n) is 8.07. The third-order valence-electron chi connectivity index (χ3n) is 3.58. The lowest BCUT2D eigenvalue weighted by molar-refractivity contribution is -0.130. The number of nitrogens with one attached hydrogen (secondary N) is 1. The second-order valence-corrected chi connectivity index (χ2v) is 6.60. The molecule has 0 unspecified atom stereocenters. The lowest BCUT2D eigenvalue weighted by Gasteiger charge is -2.11. The summed E-state index contributed by atoms with van der Waals surface area (Å²) in [5.41, 5.74) is 1.17. The van der Waals surface area contributed by atoms with Crippen LogP contribution in [0.25, 0.3) is 0 Å². The Bertz CT molecular complexity index is 715. The minimum atomic E-state index is -0.199. The summed E-state index contributed by atoms with van der Waals surface area (Å²) in [4.78, 5) is 24.8. The third kappa shape index (κ3) is 5.60. The molecule has 0 spiro atoms. The molecule has 134 valence electrons. The lowest BCUT2D eigenvalue weighted by Crippen LogP contribution is -2.37. The SMILES string of the molecule is CCn1c(Cc2ccccc2)nnc1SCC(=O)NCC(=O)N(C)C. The van der Waals surface area contributed by atoms with E-state index >= 15 is 0 Å². The first kappa shape index (κ1) is 19.0. The van der Waals surface area contributed by atoms with E-state index in [0.717, 1.165) is 12.4 Å². The normalized spacial score (nSPS) is 10.5. The number of hydrogen-bond donors (Lipinski definition) is 1. The fraction of sp³-hybridized carbons (Fsp3) is 0.412. The van der Waals surface area contributed by atoms with Crippen LogP contribution >= 0.6 is 11.8 Å². The van der Waals surface area contributed by atoms with Gasteiger partial charge in [-0.05, 0) is 12.5 Å². The number of rotatable bonds is 8. The predicted octanol–water partition coefficient (Wildman–Crippen LogP) is 1.19. The molecule has 1 N–H and O–H groups in total. The highest BCUT2D eigenvalue weighted by Gasteiger charge is 2.14. The van der Waals surface area contributed by atoms with Crippen molar-refractivity contribution in [2.75, 3.05) is 26.4 Å². The van der Waals surface area contributed by atoms with Gasteiger partial charge in [0.1, 0.15) is 5.82 Å². The van der Waals surface area contributed by atoms with Gasteiger partial charge in [0.05, 0.1) is 12.3 Å². The van der Waals surface area contributed by atoms with Crippen LogP contribution in [0.1, 0.15) is 18.3 Å². The molecule has 0 atom stereocenters. The van der Waals surface area contributed by atoms with Crippen LogP contribution in [0.5, 0.6) is 0 Å². The topological polar surface area (TPSA) is 80.1 Å². The predicted molar refractivity (Wildman–Crippen MR) is 97.4 cm³/mol. The summed E-state index contributed by atoms with van der Waals surface area (Å²) in [5, 5.41) is 11.8.